The molecule has 0 spiro atoms. The second-order valence-electron chi connectivity index (χ2n) is 7.30. The molecule has 1 atom stereocenters. The Morgan fingerprint density at radius 2 is 1.97 bits per heavy atom. The summed E-state index contributed by atoms with van der Waals surface area (Å²) in [4.78, 5) is 25.8. The number of ether oxygens (including phenoxy) is 1. The first kappa shape index (κ1) is 20.6. The minimum Gasteiger partial charge on any atom is -0.477 e. The maximum Gasteiger partial charge on any atom is 0.272 e. The van der Waals surface area contributed by atoms with Gasteiger partial charge in [-0.1, -0.05) is 38.1 Å². The summed E-state index contributed by atoms with van der Waals surface area (Å²) in [5.74, 6) is 0.514. The number of carbonyl (C=O) groups excluding carboxylic acids is 1. The Hall–Kier alpha value is -3.09. The zero-order valence-electron chi connectivity index (χ0n) is 17.1. The predicted molar refractivity (Wildman–Crippen MR) is 112 cm³/mol. The van der Waals surface area contributed by atoms with Crippen molar-refractivity contribution in [2.75, 3.05) is 11.4 Å². The number of anilines is 1. The van der Waals surface area contributed by atoms with Crippen LogP contribution in [0.2, 0.25) is 0 Å². The molecular weight excluding hydrogens is 370 g/mol. The number of nitro benzene ring substituents is 1. The van der Waals surface area contributed by atoms with Crippen LogP contribution in [0.15, 0.2) is 42.5 Å². The lowest BCUT2D eigenvalue weighted by Crippen LogP contribution is -2.51. The van der Waals surface area contributed by atoms with Gasteiger partial charge in [-0.25, -0.2) is 0 Å². The number of para-hydroxylation sites is 2. The van der Waals surface area contributed by atoms with Crippen molar-refractivity contribution in [3.8, 4) is 5.75 Å². The van der Waals surface area contributed by atoms with E-state index < -0.39 is 6.10 Å². The number of nitro groups is 1. The molecule has 2 aromatic rings. The number of amides is 1. The lowest BCUT2D eigenvalue weighted by molar-refractivity contribution is -0.385. The molecule has 1 aliphatic heterocycles. The number of nitrogens with zero attached hydrogens (tertiary/aromatic N) is 2. The van der Waals surface area contributed by atoms with Gasteiger partial charge in [0, 0.05) is 24.2 Å². The Balaban J connectivity index is 1.87. The maximum absolute atomic E-state index is 12.8. The van der Waals surface area contributed by atoms with Crippen molar-refractivity contribution >= 4 is 17.3 Å². The van der Waals surface area contributed by atoms with Gasteiger partial charge in [0.1, 0.15) is 5.75 Å². The van der Waals surface area contributed by atoms with Gasteiger partial charge in [0.2, 0.25) is 0 Å². The molecule has 3 rings (SSSR count). The Kier molecular flexibility index (Phi) is 6.36. The molecule has 1 unspecified atom stereocenters. The summed E-state index contributed by atoms with van der Waals surface area (Å²) in [5.41, 5.74) is 2.48. The van der Waals surface area contributed by atoms with Crippen LogP contribution in [0, 0.1) is 17.0 Å². The van der Waals surface area contributed by atoms with Crippen molar-refractivity contribution in [3.05, 3.63) is 63.7 Å². The van der Waals surface area contributed by atoms with E-state index in [1.165, 1.54) is 6.07 Å². The summed E-state index contributed by atoms with van der Waals surface area (Å²) >= 11 is 0. The largest absolute Gasteiger partial charge is 0.477 e. The second kappa shape index (κ2) is 8.94. The molecule has 1 amide bonds. The van der Waals surface area contributed by atoms with Gasteiger partial charge in [-0.05, 0) is 37.5 Å². The average molecular weight is 397 g/mol. The van der Waals surface area contributed by atoms with Gasteiger partial charge in [-0.15, -0.1) is 0 Å². The van der Waals surface area contributed by atoms with Gasteiger partial charge in [0.15, 0.2) is 6.10 Å². The molecule has 0 bridgehead atoms. The van der Waals surface area contributed by atoms with Gasteiger partial charge in [0.25, 0.3) is 11.6 Å². The van der Waals surface area contributed by atoms with Crippen molar-refractivity contribution in [1.82, 2.24) is 5.32 Å². The van der Waals surface area contributed by atoms with Crippen LogP contribution in [0.25, 0.3) is 0 Å². The molecule has 1 N–H and O–H groups in total. The summed E-state index contributed by atoms with van der Waals surface area (Å²) in [5, 5.41) is 14.3. The molecule has 7 heteroatoms. The minimum atomic E-state index is -0.635. The van der Waals surface area contributed by atoms with Crippen LogP contribution in [0.3, 0.4) is 0 Å². The summed E-state index contributed by atoms with van der Waals surface area (Å²) in [6.07, 6.45) is 1.09. The molecule has 154 valence electrons. The van der Waals surface area contributed by atoms with Crippen LogP contribution in [0.4, 0.5) is 11.4 Å². The van der Waals surface area contributed by atoms with E-state index in [2.05, 4.69) is 10.2 Å². The van der Waals surface area contributed by atoms with Crippen LogP contribution < -0.4 is 15.0 Å². The Morgan fingerprint density at radius 3 is 2.66 bits per heavy atom. The molecule has 0 radical (unpaired) electrons. The molecule has 7 nitrogen and oxygen atoms in total. The van der Waals surface area contributed by atoms with Crippen LogP contribution in [0.5, 0.6) is 5.75 Å². The topological polar surface area (TPSA) is 84.7 Å². The van der Waals surface area contributed by atoms with Crippen molar-refractivity contribution in [2.24, 2.45) is 0 Å². The molecule has 1 heterocycles. The third kappa shape index (κ3) is 4.50. The molecule has 0 saturated carbocycles. The standard InChI is InChI=1S/C22H27N3O4/c1-4-17(5-2)23-22(26)21-14-24(19-10-6-7-12-20(19)29-21)13-16-9-8-11-18(15(16)3)25(27)28/h6-12,17,21H,4-5,13-14H2,1-3H3,(H,23,26). The SMILES string of the molecule is CCC(CC)NC(=O)C1CN(Cc2cccc([N+](=O)[O-])c2C)c2ccccc2O1. The highest BCUT2D eigenvalue weighted by molar-refractivity contribution is 5.83. The molecule has 0 aromatic heterocycles. The fourth-order valence-corrected chi connectivity index (χ4v) is 3.62. The number of fused-ring (bicyclic) bond motifs is 1. The van der Waals surface area contributed by atoms with E-state index in [1.807, 2.05) is 44.2 Å². The van der Waals surface area contributed by atoms with Gasteiger partial charge >= 0.3 is 0 Å². The molecule has 29 heavy (non-hydrogen) atoms. The quantitative estimate of drug-likeness (QED) is 0.564. The van der Waals surface area contributed by atoms with Crippen molar-refractivity contribution < 1.29 is 14.5 Å². The molecule has 1 aliphatic rings. The third-order valence-corrected chi connectivity index (χ3v) is 5.46. The second-order valence-corrected chi connectivity index (χ2v) is 7.30. The average Bonchev–Trinajstić information content (AvgIpc) is 2.72. The van der Waals surface area contributed by atoms with Gasteiger partial charge in [0.05, 0.1) is 17.2 Å². The van der Waals surface area contributed by atoms with Crippen LogP contribution in [-0.4, -0.2) is 29.5 Å². The van der Waals surface area contributed by atoms with Crippen molar-refractivity contribution in [1.29, 1.82) is 0 Å². The summed E-state index contributed by atoms with van der Waals surface area (Å²) in [6.45, 7) is 6.69. The number of rotatable bonds is 7. The first-order valence-corrected chi connectivity index (χ1v) is 9.98. The lowest BCUT2D eigenvalue weighted by Gasteiger charge is -2.36. The fourth-order valence-electron chi connectivity index (χ4n) is 3.62. The number of benzene rings is 2. The first-order chi connectivity index (χ1) is 13.9. The smallest absolute Gasteiger partial charge is 0.272 e. The monoisotopic (exact) mass is 397 g/mol. The maximum atomic E-state index is 12.8. The molecule has 0 fully saturated rings. The number of carbonyl (C=O) groups is 1. The predicted octanol–water partition coefficient (Wildman–Crippen LogP) is 3.98. The Bertz CT molecular complexity index is 895. The zero-order chi connectivity index (χ0) is 21.0. The fraction of sp³-hybridized carbons (Fsp3) is 0.409. The molecular formula is C22H27N3O4. The summed E-state index contributed by atoms with van der Waals surface area (Å²) in [7, 11) is 0. The van der Waals surface area contributed by atoms with E-state index >= 15 is 0 Å². The Labute approximate surface area is 170 Å². The molecule has 2 aromatic carbocycles. The van der Waals surface area contributed by atoms with Gasteiger partial charge in [-0.2, -0.15) is 0 Å². The highest BCUT2D eigenvalue weighted by Gasteiger charge is 2.31. The molecule has 0 aliphatic carbocycles. The number of hydrogen-bond donors (Lipinski definition) is 1. The molecule has 0 saturated heterocycles. The van der Waals surface area contributed by atoms with E-state index in [4.69, 9.17) is 4.74 Å². The van der Waals surface area contributed by atoms with Crippen LogP contribution in [0.1, 0.15) is 37.8 Å². The number of hydrogen-bond acceptors (Lipinski definition) is 5. The third-order valence-electron chi connectivity index (χ3n) is 5.46. The first-order valence-electron chi connectivity index (χ1n) is 9.98. The lowest BCUT2D eigenvalue weighted by atomic mass is 10.0. The Morgan fingerprint density at radius 1 is 1.24 bits per heavy atom. The van der Waals surface area contributed by atoms with Gasteiger partial charge < -0.3 is 15.0 Å². The van der Waals surface area contributed by atoms with E-state index in [9.17, 15) is 14.9 Å². The van der Waals surface area contributed by atoms with Crippen LogP contribution >= 0.6 is 0 Å². The van der Waals surface area contributed by atoms with Crippen molar-refractivity contribution in [3.63, 3.8) is 0 Å². The normalized spacial score (nSPS) is 15.6. The van der Waals surface area contributed by atoms with Crippen molar-refractivity contribution in [2.45, 2.75) is 52.3 Å². The zero-order valence-corrected chi connectivity index (χ0v) is 17.1. The van der Waals surface area contributed by atoms with E-state index in [-0.39, 0.29) is 22.6 Å². The number of nitrogens with one attached hydrogen (secondary N) is 1. The summed E-state index contributed by atoms with van der Waals surface area (Å²) < 4.78 is 5.98. The van der Waals surface area contributed by atoms with E-state index in [0.29, 0.717) is 24.4 Å². The van der Waals surface area contributed by atoms with Gasteiger partial charge in [-0.3, -0.25) is 14.9 Å². The van der Waals surface area contributed by atoms with E-state index in [0.717, 1.165) is 24.1 Å². The van der Waals surface area contributed by atoms with Crippen LogP contribution in [-0.2, 0) is 11.3 Å². The highest BCUT2D eigenvalue weighted by Crippen LogP contribution is 2.35. The summed E-state index contributed by atoms with van der Waals surface area (Å²) in [6, 6.07) is 12.8. The highest BCUT2D eigenvalue weighted by atomic mass is 16.6. The minimum absolute atomic E-state index is 0.104. The van der Waals surface area contributed by atoms with E-state index in [1.54, 1.807) is 13.0 Å².